The van der Waals surface area contributed by atoms with Gasteiger partial charge in [-0.3, -0.25) is 0 Å². The first-order valence-electron chi connectivity index (χ1n) is 2.22. The van der Waals surface area contributed by atoms with Gasteiger partial charge in [0.05, 0.1) is 0 Å². The van der Waals surface area contributed by atoms with Gasteiger partial charge in [-0.2, -0.15) is 0 Å². The van der Waals surface area contributed by atoms with E-state index in [1.54, 1.807) is 0 Å². The molecule has 30 valence electrons. The van der Waals surface area contributed by atoms with Crippen molar-refractivity contribution in [3.63, 3.8) is 0 Å². The quantitative estimate of drug-likeness (QED) is 0.376. The zero-order chi connectivity index (χ0) is 4.41. The second-order valence-corrected chi connectivity index (χ2v) is 1.65. The monoisotopic (exact) mass is 78.1 g/mol. The Kier molecular flexibility index (Phi) is 0.910. The third-order valence-corrected chi connectivity index (χ3v) is 0.957. The normalized spacial score (nSPS) is 17.2. The molecule has 6 heavy (non-hydrogen) atoms. The summed E-state index contributed by atoms with van der Waals surface area (Å²) in [5.41, 5.74) is 1.47. The van der Waals surface area contributed by atoms with E-state index >= 15 is 0 Å². The SMILES string of the molecule is CC1=CB=CC1. The average Bonchev–Trinajstić information content (AvgIpc) is 1.86. The molecule has 0 amide bonds. The second kappa shape index (κ2) is 1.42. The molecule has 0 nitrogen and oxygen atoms in total. The van der Waals surface area contributed by atoms with Crippen LogP contribution in [-0.2, 0) is 0 Å². The zero-order valence-corrected chi connectivity index (χ0v) is 3.94. The van der Waals surface area contributed by atoms with Crippen LogP contribution in [0.25, 0.3) is 0 Å². The maximum atomic E-state index is 2.16. The fourth-order valence-electron chi connectivity index (χ4n) is 0.554. The van der Waals surface area contributed by atoms with E-state index in [0.29, 0.717) is 0 Å². The molecule has 1 aliphatic heterocycles. The Morgan fingerprint density at radius 3 is 2.83 bits per heavy atom. The van der Waals surface area contributed by atoms with Gasteiger partial charge in [0.1, 0.15) is 0 Å². The van der Waals surface area contributed by atoms with Crippen molar-refractivity contribution in [2.45, 2.75) is 13.3 Å². The van der Waals surface area contributed by atoms with E-state index in [4.69, 9.17) is 0 Å². The standard InChI is InChI=1S/C5H7B/c1-5-2-3-6-4-5/h3-4H,2H2,1H3. The van der Waals surface area contributed by atoms with Gasteiger partial charge in [0.25, 0.3) is 0 Å². The number of rotatable bonds is 0. The molecule has 0 saturated carbocycles. The van der Waals surface area contributed by atoms with Crippen LogP contribution >= 0.6 is 0 Å². The Morgan fingerprint density at radius 2 is 2.67 bits per heavy atom. The van der Waals surface area contributed by atoms with Crippen molar-refractivity contribution < 1.29 is 0 Å². The van der Waals surface area contributed by atoms with Crippen molar-refractivity contribution in [2.24, 2.45) is 0 Å². The van der Waals surface area contributed by atoms with Crippen molar-refractivity contribution in [3.05, 3.63) is 11.5 Å². The molecule has 0 aromatic rings. The Hall–Kier alpha value is -0.325. The molecule has 0 spiro atoms. The van der Waals surface area contributed by atoms with E-state index < -0.39 is 0 Å². The first kappa shape index (κ1) is 3.85. The van der Waals surface area contributed by atoms with Crippen LogP contribution < -0.4 is 0 Å². The van der Waals surface area contributed by atoms with E-state index in [2.05, 4.69) is 25.8 Å². The molecule has 0 aliphatic carbocycles. The first-order valence-corrected chi connectivity index (χ1v) is 2.22. The topological polar surface area (TPSA) is 0 Å². The summed E-state index contributed by atoms with van der Waals surface area (Å²) in [5, 5.41) is 0. The van der Waals surface area contributed by atoms with E-state index in [1.807, 2.05) is 0 Å². The van der Waals surface area contributed by atoms with Crippen LogP contribution in [-0.4, -0.2) is 12.9 Å². The summed E-state index contributed by atoms with van der Waals surface area (Å²) in [5.74, 6) is 4.30. The molecule has 0 fully saturated rings. The van der Waals surface area contributed by atoms with Crippen LogP contribution in [0.15, 0.2) is 11.5 Å². The zero-order valence-electron chi connectivity index (χ0n) is 3.94. The average molecular weight is 77.9 g/mol. The molecule has 0 bridgehead atoms. The van der Waals surface area contributed by atoms with Gasteiger partial charge in [0.15, 0.2) is 0 Å². The van der Waals surface area contributed by atoms with Crippen LogP contribution in [0.5, 0.6) is 0 Å². The minimum absolute atomic E-state index is 1.17. The molecule has 1 heteroatoms. The van der Waals surface area contributed by atoms with Gasteiger partial charge in [0.2, 0.25) is 0 Å². The third-order valence-electron chi connectivity index (χ3n) is 0.957. The van der Waals surface area contributed by atoms with Crippen molar-refractivity contribution in [1.29, 1.82) is 0 Å². The van der Waals surface area contributed by atoms with Gasteiger partial charge in [0, 0.05) is 0 Å². The molecular formula is C5H7B. The van der Waals surface area contributed by atoms with E-state index in [1.165, 1.54) is 12.0 Å². The van der Waals surface area contributed by atoms with Crippen LogP contribution in [0.2, 0.25) is 0 Å². The molecule has 0 radical (unpaired) electrons. The van der Waals surface area contributed by atoms with Crippen LogP contribution in [0.3, 0.4) is 0 Å². The number of hydrogen-bond donors (Lipinski definition) is 0. The van der Waals surface area contributed by atoms with E-state index in [-0.39, 0.29) is 0 Å². The molecule has 1 heterocycles. The molecule has 0 atom stereocenters. The molecule has 0 aromatic heterocycles. The number of allylic oxidation sites excluding steroid dienone is 1. The van der Waals surface area contributed by atoms with Crippen LogP contribution in [0, 0.1) is 0 Å². The molecule has 0 unspecified atom stereocenters. The number of hydrogen-bond acceptors (Lipinski definition) is 0. The Balaban J connectivity index is 2.61. The first-order chi connectivity index (χ1) is 2.89. The summed E-state index contributed by atoms with van der Waals surface area (Å²) in [6, 6.07) is 0. The molecule has 0 saturated heterocycles. The van der Waals surface area contributed by atoms with E-state index in [0.717, 1.165) is 0 Å². The van der Waals surface area contributed by atoms with Gasteiger partial charge < -0.3 is 0 Å². The second-order valence-electron chi connectivity index (χ2n) is 1.65. The third kappa shape index (κ3) is 0.590. The Labute approximate surface area is 38.8 Å². The summed E-state index contributed by atoms with van der Waals surface area (Å²) in [4.78, 5) is 0. The van der Waals surface area contributed by atoms with Gasteiger partial charge in [-0.25, -0.2) is 0 Å². The fraction of sp³-hybridized carbons (Fsp3) is 0.400. The van der Waals surface area contributed by atoms with Crippen molar-refractivity contribution in [3.8, 4) is 0 Å². The van der Waals surface area contributed by atoms with Crippen molar-refractivity contribution in [2.75, 3.05) is 0 Å². The summed E-state index contributed by atoms with van der Waals surface area (Å²) in [6.45, 7) is 4.23. The summed E-state index contributed by atoms with van der Waals surface area (Å²) in [7, 11) is 0. The van der Waals surface area contributed by atoms with Gasteiger partial charge >= 0.3 is 37.8 Å². The molecule has 1 rings (SSSR count). The van der Waals surface area contributed by atoms with Gasteiger partial charge in [-0.1, -0.05) is 0 Å². The van der Waals surface area contributed by atoms with E-state index in [9.17, 15) is 0 Å². The van der Waals surface area contributed by atoms with Crippen LogP contribution in [0.4, 0.5) is 0 Å². The molecule has 1 aliphatic rings. The predicted molar refractivity (Wildman–Crippen MR) is 30.2 cm³/mol. The summed E-state index contributed by atoms with van der Waals surface area (Å²) < 4.78 is 0. The Morgan fingerprint density at radius 1 is 1.83 bits per heavy atom. The van der Waals surface area contributed by atoms with Crippen LogP contribution in [0.1, 0.15) is 13.3 Å². The minimum atomic E-state index is 1.17. The van der Waals surface area contributed by atoms with Gasteiger partial charge in [-0.15, -0.1) is 0 Å². The summed E-state index contributed by atoms with van der Waals surface area (Å²) >= 11 is 0. The predicted octanol–water partition coefficient (Wildman–Crippen LogP) is 0.800. The maximum absolute atomic E-state index is 2.16. The fourth-order valence-corrected chi connectivity index (χ4v) is 0.554. The molecule has 0 N–H and O–H groups in total. The van der Waals surface area contributed by atoms with Crippen molar-refractivity contribution in [1.82, 2.24) is 0 Å². The summed E-state index contributed by atoms with van der Waals surface area (Å²) in [6.07, 6.45) is 1.17. The van der Waals surface area contributed by atoms with Crippen molar-refractivity contribution >= 4 is 12.9 Å². The Bertz CT molecular complexity index is 101. The molecular weight excluding hydrogens is 70.9 g/mol. The van der Waals surface area contributed by atoms with Gasteiger partial charge in [-0.05, 0) is 0 Å². The molecule has 0 aromatic carbocycles.